The lowest BCUT2D eigenvalue weighted by Gasteiger charge is -2.09. The van der Waals surface area contributed by atoms with Crippen molar-refractivity contribution < 1.29 is 0 Å². The zero-order chi connectivity index (χ0) is 14.4. The Bertz CT molecular complexity index is 616. The Balaban J connectivity index is 2.08. The number of rotatable bonds is 6. The lowest BCUT2D eigenvalue weighted by molar-refractivity contribution is 0.697. The molecule has 20 heavy (non-hydrogen) atoms. The fourth-order valence-corrected chi connectivity index (χ4v) is 2.75. The van der Waals surface area contributed by atoms with Crippen LogP contribution in [-0.4, -0.2) is 15.4 Å². The van der Waals surface area contributed by atoms with Gasteiger partial charge in [0.2, 0.25) is 0 Å². The van der Waals surface area contributed by atoms with Crippen molar-refractivity contribution in [3.63, 3.8) is 0 Å². The van der Waals surface area contributed by atoms with Gasteiger partial charge in [-0.15, -0.1) is 11.6 Å². The molecular weight excluding hydrogens is 338 g/mol. The van der Waals surface area contributed by atoms with Crippen molar-refractivity contribution in [2.45, 2.75) is 25.8 Å². The maximum Gasteiger partial charge on any atom is 0.100 e. The third-order valence-corrected chi connectivity index (χ3v) is 4.05. The summed E-state index contributed by atoms with van der Waals surface area (Å²) in [7, 11) is 0. The van der Waals surface area contributed by atoms with Crippen LogP contribution in [0.4, 0.5) is 0 Å². The Labute approximate surface area is 132 Å². The van der Waals surface area contributed by atoms with Crippen molar-refractivity contribution in [1.82, 2.24) is 9.55 Å². The van der Waals surface area contributed by atoms with Crippen molar-refractivity contribution in [3.05, 3.63) is 52.0 Å². The van der Waals surface area contributed by atoms with Crippen molar-refractivity contribution in [1.29, 1.82) is 5.26 Å². The van der Waals surface area contributed by atoms with Crippen LogP contribution in [0.2, 0.25) is 0 Å². The minimum Gasteiger partial charge on any atom is -0.330 e. The first-order valence-corrected chi connectivity index (χ1v) is 7.81. The highest BCUT2D eigenvalue weighted by Crippen LogP contribution is 2.19. The van der Waals surface area contributed by atoms with Crippen molar-refractivity contribution >= 4 is 27.5 Å². The molecule has 0 unspecified atom stereocenters. The monoisotopic (exact) mass is 351 g/mol. The van der Waals surface area contributed by atoms with Gasteiger partial charge >= 0.3 is 0 Å². The summed E-state index contributed by atoms with van der Waals surface area (Å²) in [5, 5.41) is 8.92. The molecule has 0 aliphatic carbocycles. The van der Waals surface area contributed by atoms with Crippen LogP contribution in [0.15, 0.2) is 35.2 Å². The lowest BCUT2D eigenvalue weighted by Crippen LogP contribution is -2.03. The molecule has 104 valence electrons. The molecule has 0 radical (unpaired) electrons. The Morgan fingerprint density at radius 3 is 2.90 bits per heavy atom. The zero-order valence-corrected chi connectivity index (χ0v) is 13.4. The van der Waals surface area contributed by atoms with Gasteiger partial charge in [-0.1, -0.05) is 6.07 Å². The molecule has 0 aliphatic heterocycles. The molecule has 2 aromatic rings. The maximum atomic E-state index is 8.92. The molecule has 3 nitrogen and oxygen atoms in total. The van der Waals surface area contributed by atoms with Crippen LogP contribution in [0, 0.1) is 11.3 Å². The molecule has 0 bridgehead atoms. The summed E-state index contributed by atoms with van der Waals surface area (Å²) in [5.41, 5.74) is 3.02. The molecule has 0 amide bonds. The van der Waals surface area contributed by atoms with Gasteiger partial charge in [0.25, 0.3) is 0 Å². The number of aromatic nitrogens is 2. The minimum absolute atomic E-state index is 0.654. The van der Waals surface area contributed by atoms with E-state index in [0.29, 0.717) is 11.4 Å². The van der Waals surface area contributed by atoms with Crippen molar-refractivity contribution in [3.8, 4) is 6.07 Å². The molecule has 0 atom stereocenters. The van der Waals surface area contributed by atoms with Crippen molar-refractivity contribution in [2.75, 3.05) is 5.88 Å². The Morgan fingerprint density at radius 1 is 1.35 bits per heavy atom. The van der Waals surface area contributed by atoms with E-state index < -0.39 is 0 Å². The SMILES string of the molecule is N#Cc1ccc(Cn2cncc2CCCCCl)cc1Br. The summed E-state index contributed by atoms with van der Waals surface area (Å²) in [4.78, 5) is 4.22. The Hall–Kier alpha value is -1.31. The van der Waals surface area contributed by atoms with Crippen molar-refractivity contribution in [2.24, 2.45) is 0 Å². The average Bonchev–Trinajstić information content (AvgIpc) is 2.87. The summed E-state index contributed by atoms with van der Waals surface area (Å²) in [6, 6.07) is 7.95. The van der Waals surface area contributed by atoms with E-state index >= 15 is 0 Å². The summed E-state index contributed by atoms with van der Waals surface area (Å²) in [6.07, 6.45) is 6.85. The number of hydrogen-bond acceptors (Lipinski definition) is 2. The van der Waals surface area contributed by atoms with E-state index in [1.165, 1.54) is 5.69 Å². The van der Waals surface area contributed by atoms with E-state index in [9.17, 15) is 0 Å². The smallest absolute Gasteiger partial charge is 0.100 e. The molecule has 0 aliphatic rings. The lowest BCUT2D eigenvalue weighted by atomic mass is 10.1. The number of benzene rings is 1. The van der Waals surface area contributed by atoms with Gasteiger partial charge in [-0.3, -0.25) is 0 Å². The average molecular weight is 353 g/mol. The molecule has 0 saturated carbocycles. The quantitative estimate of drug-likeness (QED) is 0.579. The maximum absolute atomic E-state index is 8.92. The number of nitrogens with zero attached hydrogens (tertiary/aromatic N) is 3. The molecule has 0 saturated heterocycles. The van der Waals surface area contributed by atoms with Crippen LogP contribution in [0.5, 0.6) is 0 Å². The third-order valence-electron chi connectivity index (χ3n) is 3.12. The van der Waals surface area contributed by atoms with Crippen LogP contribution >= 0.6 is 27.5 Å². The molecular formula is C15H15BrClN3. The molecule has 5 heteroatoms. The van der Waals surface area contributed by atoms with Crippen LogP contribution in [-0.2, 0) is 13.0 Å². The molecule has 1 aromatic heterocycles. The number of unbranched alkanes of at least 4 members (excludes halogenated alkanes) is 1. The fourth-order valence-electron chi connectivity index (χ4n) is 2.04. The standard InChI is InChI=1S/C15H15BrClN3/c16-15-7-12(4-5-13(15)8-18)10-20-11-19-9-14(20)3-1-2-6-17/h4-5,7,9,11H,1-3,6,10H2. The predicted molar refractivity (Wildman–Crippen MR) is 83.8 cm³/mol. The number of aryl methyl sites for hydroxylation is 1. The van der Waals surface area contributed by atoms with Crippen LogP contribution in [0.25, 0.3) is 0 Å². The number of hydrogen-bond donors (Lipinski definition) is 0. The largest absolute Gasteiger partial charge is 0.330 e. The van der Waals surface area contributed by atoms with Gasteiger partial charge in [-0.2, -0.15) is 5.26 Å². The molecule has 0 N–H and O–H groups in total. The first kappa shape index (κ1) is 15.1. The highest BCUT2D eigenvalue weighted by Gasteiger charge is 2.05. The highest BCUT2D eigenvalue weighted by atomic mass is 79.9. The van der Waals surface area contributed by atoms with Crippen LogP contribution in [0.1, 0.15) is 29.7 Å². The van der Waals surface area contributed by atoms with Gasteiger partial charge in [0.15, 0.2) is 0 Å². The highest BCUT2D eigenvalue weighted by molar-refractivity contribution is 9.10. The predicted octanol–water partition coefficient (Wildman–Crippen LogP) is 4.13. The summed E-state index contributed by atoms with van der Waals surface area (Å²) in [6.45, 7) is 0.764. The topological polar surface area (TPSA) is 41.6 Å². The van der Waals surface area contributed by atoms with Gasteiger partial charge in [0.05, 0.1) is 11.9 Å². The van der Waals surface area contributed by atoms with Gasteiger partial charge in [-0.25, -0.2) is 4.98 Å². The minimum atomic E-state index is 0.654. The van der Waals surface area contributed by atoms with E-state index in [4.69, 9.17) is 16.9 Å². The molecule has 2 rings (SSSR count). The Morgan fingerprint density at radius 2 is 2.20 bits per heavy atom. The number of alkyl halides is 1. The van der Waals surface area contributed by atoms with E-state index in [1.807, 2.05) is 30.7 Å². The molecule has 1 heterocycles. The van der Waals surface area contributed by atoms with Gasteiger partial charge in [0.1, 0.15) is 6.07 Å². The Kier molecular flexibility index (Phi) is 5.63. The molecule has 0 spiro atoms. The second kappa shape index (κ2) is 7.47. The van der Waals surface area contributed by atoms with Gasteiger partial charge in [-0.05, 0) is 52.9 Å². The summed E-state index contributed by atoms with van der Waals surface area (Å²) >= 11 is 9.12. The first-order valence-electron chi connectivity index (χ1n) is 6.48. The normalized spacial score (nSPS) is 10.4. The summed E-state index contributed by atoms with van der Waals surface area (Å²) < 4.78 is 2.98. The first-order chi connectivity index (χ1) is 9.74. The number of imidazole rings is 1. The molecule has 1 aromatic carbocycles. The third kappa shape index (κ3) is 3.84. The van der Waals surface area contributed by atoms with Gasteiger partial charge in [0, 0.05) is 28.8 Å². The van der Waals surface area contributed by atoms with Gasteiger partial charge < -0.3 is 4.57 Å². The summed E-state index contributed by atoms with van der Waals surface area (Å²) in [5.74, 6) is 0.705. The number of halogens is 2. The van der Waals surface area contributed by atoms with E-state index in [2.05, 4.69) is 31.6 Å². The number of nitriles is 1. The van der Waals surface area contributed by atoms with E-state index in [-0.39, 0.29) is 0 Å². The van der Waals surface area contributed by atoms with E-state index in [1.54, 1.807) is 0 Å². The van der Waals surface area contributed by atoms with Crippen LogP contribution < -0.4 is 0 Å². The van der Waals surface area contributed by atoms with Crippen LogP contribution in [0.3, 0.4) is 0 Å². The van der Waals surface area contributed by atoms with E-state index in [0.717, 1.165) is 35.8 Å². The zero-order valence-electron chi connectivity index (χ0n) is 11.0. The molecule has 0 fully saturated rings. The fraction of sp³-hybridized carbons (Fsp3) is 0.333. The second-order valence-electron chi connectivity index (χ2n) is 4.58. The second-order valence-corrected chi connectivity index (χ2v) is 5.82.